The van der Waals surface area contributed by atoms with Gasteiger partial charge in [-0.05, 0) is 12.1 Å². The first kappa shape index (κ1) is 6.08. The minimum Gasteiger partial charge on any atom is -0.365 e. The molecule has 0 aliphatic rings. The zero-order chi connectivity index (χ0) is 6.53. The maximum Gasteiger partial charge on any atom is 0.0273 e. The SMILES string of the molecule is C/N=C/Cc1ccc[nH]1. The van der Waals surface area contributed by atoms with Crippen LogP contribution in [0.4, 0.5) is 0 Å². The number of hydrogen-bond donors (Lipinski definition) is 1. The van der Waals surface area contributed by atoms with Crippen LogP contribution in [0.1, 0.15) is 5.69 Å². The predicted molar refractivity (Wildman–Crippen MR) is 38.9 cm³/mol. The third kappa shape index (κ3) is 1.72. The van der Waals surface area contributed by atoms with Crippen LogP contribution >= 0.6 is 0 Å². The van der Waals surface area contributed by atoms with Crippen molar-refractivity contribution in [2.75, 3.05) is 7.05 Å². The van der Waals surface area contributed by atoms with Crippen molar-refractivity contribution in [3.63, 3.8) is 0 Å². The summed E-state index contributed by atoms with van der Waals surface area (Å²) in [4.78, 5) is 6.95. The molecule has 0 saturated heterocycles. The van der Waals surface area contributed by atoms with E-state index in [0.717, 1.165) is 6.42 Å². The molecule has 0 aromatic carbocycles. The molecule has 1 rings (SSSR count). The molecule has 0 amide bonds. The number of nitrogens with one attached hydrogen (secondary N) is 1. The normalized spacial score (nSPS) is 10.8. The summed E-state index contributed by atoms with van der Waals surface area (Å²) >= 11 is 0. The van der Waals surface area contributed by atoms with Crippen molar-refractivity contribution in [1.82, 2.24) is 4.98 Å². The van der Waals surface area contributed by atoms with Crippen LogP contribution in [0.5, 0.6) is 0 Å². The van der Waals surface area contributed by atoms with Crippen LogP contribution in [-0.4, -0.2) is 18.2 Å². The van der Waals surface area contributed by atoms with Gasteiger partial charge in [0, 0.05) is 31.6 Å². The van der Waals surface area contributed by atoms with Crippen LogP contribution in [0, 0.1) is 0 Å². The van der Waals surface area contributed by atoms with Gasteiger partial charge in [0.2, 0.25) is 0 Å². The lowest BCUT2D eigenvalue weighted by atomic mass is 10.3. The molecule has 1 heterocycles. The standard InChI is InChI=1S/C7H10N2/c1-8-6-4-7-3-2-5-9-7/h2-3,5-6,9H,4H2,1H3/b8-6+. The Morgan fingerprint density at radius 2 is 2.67 bits per heavy atom. The second-order valence-electron chi connectivity index (χ2n) is 1.84. The van der Waals surface area contributed by atoms with Gasteiger partial charge < -0.3 is 9.98 Å². The predicted octanol–water partition coefficient (Wildman–Crippen LogP) is 1.26. The highest BCUT2D eigenvalue weighted by Gasteiger charge is 1.84. The lowest BCUT2D eigenvalue weighted by molar-refractivity contribution is 1.20. The van der Waals surface area contributed by atoms with Crippen molar-refractivity contribution < 1.29 is 0 Å². The molecule has 2 heteroatoms. The Hall–Kier alpha value is -1.05. The Balaban J connectivity index is 2.48. The largest absolute Gasteiger partial charge is 0.365 e. The van der Waals surface area contributed by atoms with Gasteiger partial charge in [0.15, 0.2) is 0 Å². The molecule has 1 aromatic rings. The molecule has 1 N–H and O–H groups in total. The van der Waals surface area contributed by atoms with E-state index in [1.807, 2.05) is 24.5 Å². The second-order valence-corrected chi connectivity index (χ2v) is 1.84. The number of hydrogen-bond acceptors (Lipinski definition) is 1. The third-order valence-electron chi connectivity index (χ3n) is 1.16. The summed E-state index contributed by atoms with van der Waals surface area (Å²) in [6.45, 7) is 0. The van der Waals surface area contributed by atoms with Crippen molar-refractivity contribution in [2.45, 2.75) is 6.42 Å². The Kier molecular flexibility index (Phi) is 2.07. The van der Waals surface area contributed by atoms with Gasteiger partial charge in [0.05, 0.1) is 0 Å². The third-order valence-corrected chi connectivity index (χ3v) is 1.16. The molecule has 0 spiro atoms. The fourth-order valence-electron chi connectivity index (χ4n) is 0.684. The van der Waals surface area contributed by atoms with E-state index in [-0.39, 0.29) is 0 Å². The Morgan fingerprint density at radius 1 is 1.78 bits per heavy atom. The van der Waals surface area contributed by atoms with E-state index >= 15 is 0 Å². The van der Waals surface area contributed by atoms with Gasteiger partial charge in [-0.25, -0.2) is 0 Å². The van der Waals surface area contributed by atoms with E-state index in [1.54, 1.807) is 7.05 Å². The quantitative estimate of drug-likeness (QED) is 0.572. The average Bonchev–Trinajstić information content (AvgIpc) is 2.34. The number of aliphatic imine (C=N–C) groups is 1. The number of aromatic amines is 1. The fourth-order valence-corrected chi connectivity index (χ4v) is 0.684. The van der Waals surface area contributed by atoms with Crippen molar-refractivity contribution in [2.24, 2.45) is 4.99 Å². The van der Waals surface area contributed by atoms with Gasteiger partial charge in [-0.15, -0.1) is 0 Å². The highest BCUT2D eigenvalue weighted by atomic mass is 14.7. The van der Waals surface area contributed by atoms with Gasteiger partial charge in [-0.3, -0.25) is 0 Å². The maximum atomic E-state index is 3.87. The molecular weight excluding hydrogens is 112 g/mol. The van der Waals surface area contributed by atoms with E-state index in [4.69, 9.17) is 0 Å². The van der Waals surface area contributed by atoms with Gasteiger partial charge in [0.1, 0.15) is 0 Å². The molecule has 0 fully saturated rings. The van der Waals surface area contributed by atoms with Gasteiger partial charge in [-0.1, -0.05) is 0 Å². The summed E-state index contributed by atoms with van der Waals surface area (Å²) < 4.78 is 0. The van der Waals surface area contributed by atoms with Crippen LogP contribution in [0.2, 0.25) is 0 Å². The Labute approximate surface area is 54.6 Å². The minimum absolute atomic E-state index is 0.906. The molecule has 0 saturated carbocycles. The summed E-state index contributed by atoms with van der Waals surface area (Å²) in [5.41, 5.74) is 1.21. The zero-order valence-electron chi connectivity index (χ0n) is 5.46. The molecule has 0 bridgehead atoms. The second kappa shape index (κ2) is 3.07. The van der Waals surface area contributed by atoms with E-state index < -0.39 is 0 Å². The van der Waals surface area contributed by atoms with Crippen molar-refractivity contribution in [3.05, 3.63) is 24.0 Å². The minimum atomic E-state index is 0.906. The van der Waals surface area contributed by atoms with Crippen LogP contribution in [0.25, 0.3) is 0 Å². The van der Waals surface area contributed by atoms with Gasteiger partial charge >= 0.3 is 0 Å². The molecule has 0 atom stereocenters. The highest BCUT2D eigenvalue weighted by Crippen LogP contribution is 1.92. The van der Waals surface area contributed by atoms with E-state index in [9.17, 15) is 0 Å². The van der Waals surface area contributed by atoms with Crippen molar-refractivity contribution in [1.29, 1.82) is 0 Å². The smallest absolute Gasteiger partial charge is 0.0273 e. The molecule has 2 nitrogen and oxygen atoms in total. The molecule has 0 aliphatic heterocycles. The monoisotopic (exact) mass is 122 g/mol. The fraction of sp³-hybridized carbons (Fsp3) is 0.286. The number of nitrogens with zero attached hydrogens (tertiary/aromatic N) is 1. The first-order chi connectivity index (χ1) is 4.43. The lowest BCUT2D eigenvalue weighted by Crippen LogP contribution is -1.83. The molecule has 48 valence electrons. The van der Waals surface area contributed by atoms with Crippen molar-refractivity contribution >= 4 is 6.21 Å². The highest BCUT2D eigenvalue weighted by molar-refractivity contribution is 5.60. The van der Waals surface area contributed by atoms with E-state index in [2.05, 4.69) is 9.98 Å². The summed E-state index contributed by atoms with van der Waals surface area (Å²) in [6, 6.07) is 4.03. The van der Waals surface area contributed by atoms with Crippen LogP contribution in [-0.2, 0) is 6.42 Å². The van der Waals surface area contributed by atoms with Crippen LogP contribution < -0.4 is 0 Å². The van der Waals surface area contributed by atoms with E-state index in [1.165, 1.54) is 5.69 Å². The Morgan fingerprint density at radius 3 is 3.22 bits per heavy atom. The maximum absolute atomic E-state index is 3.87. The molecule has 9 heavy (non-hydrogen) atoms. The van der Waals surface area contributed by atoms with Gasteiger partial charge in [0.25, 0.3) is 0 Å². The summed E-state index contributed by atoms with van der Waals surface area (Å²) in [7, 11) is 1.78. The topological polar surface area (TPSA) is 28.1 Å². The molecule has 1 aromatic heterocycles. The zero-order valence-corrected chi connectivity index (χ0v) is 5.46. The van der Waals surface area contributed by atoms with Crippen molar-refractivity contribution in [3.8, 4) is 0 Å². The first-order valence-electron chi connectivity index (χ1n) is 2.96. The summed E-state index contributed by atoms with van der Waals surface area (Å²) in [6.07, 6.45) is 4.70. The lowest BCUT2D eigenvalue weighted by Gasteiger charge is -1.84. The molecule has 0 radical (unpaired) electrons. The summed E-state index contributed by atoms with van der Waals surface area (Å²) in [5.74, 6) is 0. The first-order valence-corrected chi connectivity index (χ1v) is 2.96. The molecule has 0 unspecified atom stereocenters. The molecule has 0 aliphatic carbocycles. The Bertz CT molecular complexity index is 175. The molecular formula is C7H10N2. The number of aromatic nitrogens is 1. The van der Waals surface area contributed by atoms with Crippen LogP contribution in [0.15, 0.2) is 23.3 Å². The van der Waals surface area contributed by atoms with Crippen LogP contribution in [0.3, 0.4) is 0 Å². The average molecular weight is 122 g/mol. The van der Waals surface area contributed by atoms with E-state index in [0.29, 0.717) is 0 Å². The summed E-state index contributed by atoms with van der Waals surface area (Å²) in [5, 5.41) is 0. The number of H-pyrrole nitrogens is 1. The van der Waals surface area contributed by atoms with Gasteiger partial charge in [-0.2, -0.15) is 0 Å². The number of rotatable bonds is 2.